The summed E-state index contributed by atoms with van der Waals surface area (Å²) in [5.74, 6) is 0.467. The lowest BCUT2D eigenvalue weighted by atomic mass is 9.86. The van der Waals surface area contributed by atoms with E-state index in [-0.39, 0.29) is 18.6 Å². The van der Waals surface area contributed by atoms with Crippen LogP contribution in [-0.4, -0.2) is 24.8 Å². The number of carbonyl (C=O) groups is 1. The highest BCUT2D eigenvalue weighted by Gasteiger charge is 2.22. The molecule has 2 atom stereocenters. The Morgan fingerprint density at radius 2 is 2.10 bits per heavy atom. The highest BCUT2D eigenvalue weighted by Crippen LogP contribution is 2.23. The first-order valence-corrected chi connectivity index (χ1v) is 7.25. The lowest BCUT2D eigenvalue weighted by Gasteiger charge is -2.29. The van der Waals surface area contributed by atoms with Crippen LogP contribution in [0, 0.1) is 5.92 Å². The van der Waals surface area contributed by atoms with E-state index < -0.39 is 0 Å². The Labute approximate surface area is 120 Å². The predicted molar refractivity (Wildman–Crippen MR) is 79.6 cm³/mol. The summed E-state index contributed by atoms with van der Waals surface area (Å²) in [7, 11) is 0. The Morgan fingerprint density at radius 1 is 1.35 bits per heavy atom. The summed E-state index contributed by atoms with van der Waals surface area (Å²) >= 11 is 0. The van der Waals surface area contributed by atoms with Crippen molar-refractivity contribution in [2.45, 2.75) is 38.6 Å². The smallest absolute Gasteiger partial charge is 0.261 e. The van der Waals surface area contributed by atoms with E-state index in [2.05, 4.69) is 17.4 Å². The quantitative estimate of drug-likeness (QED) is 0.663. The Morgan fingerprint density at radius 3 is 2.85 bits per heavy atom. The summed E-state index contributed by atoms with van der Waals surface area (Å²) in [5, 5.41) is 6.84. The Bertz CT molecular complexity index is 445. The molecule has 4 heteroatoms. The number of rotatable bonds is 5. The van der Waals surface area contributed by atoms with Gasteiger partial charge in [-0.25, -0.2) is 0 Å². The van der Waals surface area contributed by atoms with Gasteiger partial charge in [-0.2, -0.15) is 0 Å². The topological polar surface area (TPSA) is 50.7 Å². The van der Waals surface area contributed by atoms with Crippen LogP contribution in [0.5, 0.6) is 0 Å². The van der Waals surface area contributed by atoms with Crippen molar-refractivity contribution in [3.05, 3.63) is 35.9 Å². The second kappa shape index (κ2) is 7.68. The van der Waals surface area contributed by atoms with Gasteiger partial charge in [0, 0.05) is 6.04 Å². The van der Waals surface area contributed by atoms with Crippen LogP contribution in [0.25, 0.3) is 0 Å². The summed E-state index contributed by atoms with van der Waals surface area (Å²) in [6.07, 6.45) is 6.34. The van der Waals surface area contributed by atoms with E-state index in [0.717, 1.165) is 12.0 Å². The molecular formula is C16H22N2O2. The SMILES string of the molecule is C[C@H]1CCCC[C@@H]1NC(=O)CO/N=C\c1ccccc1. The van der Waals surface area contributed by atoms with Crippen LogP contribution < -0.4 is 5.32 Å². The van der Waals surface area contributed by atoms with Gasteiger partial charge in [0.1, 0.15) is 0 Å². The summed E-state index contributed by atoms with van der Waals surface area (Å²) in [6, 6.07) is 9.94. The first-order chi connectivity index (χ1) is 9.75. The number of benzene rings is 1. The van der Waals surface area contributed by atoms with Crippen molar-refractivity contribution in [2.75, 3.05) is 6.61 Å². The molecule has 20 heavy (non-hydrogen) atoms. The molecule has 0 radical (unpaired) electrons. The van der Waals surface area contributed by atoms with E-state index in [1.54, 1.807) is 6.21 Å². The molecule has 1 aromatic rings. The molecule has 1 N–H and O–H groups in total. The minimum Gasteiger partial charge on any atom is -0.386 e. The van der Waals surface area contributed by atoms with Crippen LogP contribution >= 0.6 is 0 Å². The van der Waals surface area contributed by atoms with E-state index >= 15 is 0 Å². The van der Waals surface area contributed by atoms with Gasteiger partial charge < -0.3 is 10.2 Å². The first kappa shape index (κ1) is 14.6. The van der Waals surface area contributed by atoms with Crippen molar-refractivity contribution in [1.82, 2.24) is 5.32 Å². The number of nitrogens with zero attached hydrogens (tertiary/aromatic N) is 1. The second-order valence-corrected chi connectivity index (χ2v) is 5.35. The number of carbonyl (C=O) groups excluding carboxylic acids is 1. The van der Waals surface area contributed by atoms with Gasteiger partial charge in [-0.1, -0.05) is 55.3 Å². The summed E-state index contributed by atoms with van der Waals surface area (Å²) in [5.41, 5.74) is 0.953. The maximum atomic E-state index is 11.8. The fraction of sp³-hybridized carbons (Fsp3) is 0.500. The van der Waals surface area contributed by atoms with Gasteiger partial charge in [-0.05, 0) is 24.3 Å². The highest BCUT2D eigenvalue weighted by atomic mass is 16.6. The van der Waals surface area contributed by atoms with E-state index in [0.29, 0.717) is 5.92 Å². The van der Waals surface area contributed by atoms with Gasteiger partial charge in [0.05, 0.1) is 6.21 Å². The molecule has 1 fully saturated rings. The molecule has 0 heterocycles. The molecule has 1 aliphatic carbocycles. The van der Waals surface area contributed by atoms with Gasteiger partial charge in [-0.15, -0.1) is 0 Å². The molecule has 1 aliphatic rings. The third-order valence-electron chi connectivity index (χ3n) is 3.73. The predicted octanol–water partition coefficient (Wildman–Crippen LogP) is 2.73. The average Bonchev–Trinajstić information content (AvgIpc) is 2.47. The Hall–Kier alpha value is -1.84. The monoisotopic (exact) mass is 274 g/mol. The average molecular weight is 274 g/mol. The molecular weight excluding hydrogens is 252 g/mol. The zero-order valence-corrected chi connectivity index (χ0v) is 11.9. The molecule has 1 saturated carbocycles. The zero-order chi connectivity index (χ0) is 14.2. The van der Waals surface area contributed by atoms with Crippen LogP contribution in [0.4, 0.5) is 0 Å². The molecule has 0 aromatic heterocycles. The van der Waals surface area contributed by atoms with Crippen LogP contribution in [0.15, 0.2) is 35.5 Å². The fourth-order valence-electron chi connectivity index (χ4n) is 2.51. The first-order valence-electron chi connectivity index (χ1n) is 7.25. The van der Waals surface area contributed by atoms with E-state index in [4.69, 9.17) is 4.84 Å². The summed E-state index contributed by atoms with van der Waals surface area (Å²) in [6.45, 7) is 2.17. The molecule has 1 amide bonds. The third-order valence-corrected chi connectivity index (χ3v) is 3.73. The molecule has 0 aliphatic heterocycles. The molecule has 0 saturated heterocycles. The molecule has 0 bridgehead atoms. The van der Waals surface area contributed by atoms with Gasteiger partial charge in [0.2, 0.25) is 0 Å². The fourth-order valence-corrected chi connectivity index (χ4v) is 2.51. The van der Waals surface area contributed by atoms with E-state index in [1.807, 2.05) is 30.3 Å². The van der Waals surface area contributed by atoms with Crippen molar-refractivity contribution < 1.29 is 9.63 Å². The standard InChI is InChI=1S/C16H22N2O2/c1-13-7-5-6-10-15(13)18-16(19)12-20-17-11-14-8-3-2-4-9-14/h2-4,8-9,11,13,15H,5-7,10,12H2,1H3,(H,18,19)/b17-11-/t13-,15-/m0/s1. The maximum absolute atomic E-state index is 11.8. The van der Waals surface area contributed by atoms with Crippen molar-refractivity contribution in [3.63, 3.8) is 0 Å². The van der Waals surface area contributed by atoms with E-state index in [9.17, 15) is 4.79 Å². The van der Waals surface area contributed by atoms with Crippen LogP contribution in [-0.2, 0) is 9.63 Å². The number of hydrogen-bond acceptors (Lipinski definition) is 3. The van der Waals surface area contributed by atoms with Crippen LogP contribution in [0.1, 0.15) is 38.2 Å². The Balaban J connectivity index is 1.68. The second-order valence-electron chi connectivity index (χ2n) is 5.35. The number of oxime groups is 1. The van der Waals surface area contributed by atoms with Crippen LogP contribution in [0.2, 0.25) is 0 Å². The normalized spacial score (nSPS) is 22.6. The minimum atomic E-state index is -0.0889. The third kappa shape index (κ3) is 4.68. The molecule has 0 spiro atoms. The zero-order valence-electron chi connectivity index (χ0n) is 11.9. The van der Waals surface area contributed by atoms with Gasteiger partial charge in [-0.3, -0.25) is 4.79 Å². The summed E-state index contributed by atoms with van der Waals surface area (Å²) < 4.78 is 0. The highest BCUT2D eigenvalue weighted by molar-refractivity contribution is 5.79. The van der Waals surface area contributed by atoms with Gasteiger partial charge >= 0.3 is 0 Å². The Kier molecular flexibility index (Phi) is 5.59. The molecule has 108 valence electrons. The number of amides is 1. The minimum absolute atomic E-state index is 0.0213. The van der Waals surface area contributed by atoms with Crippen molar-refractivity contribution in [2.24, 2.45) is 11.1 Å². The van der Waals surface area contributed by atoms with Crippen molar-refractivity contribution in [1.29, 1.82) is 0 Å². The molecule has 2 rings (SSSR count). The van der Waals surface area contributed by atoms with Crippen molar-refractivity contribution in [3.8, 4) is 0 Å². The van der Waals surface area contributed by atoms with Crippen molar-refractivity contribution >= 4 is 12.1 Å². The van der Waals surface area contributed by atoms with Gasteiger partial charge in [0.25, 0.3) is 5.91 Å². The lowest BCUT2D eigenvalue weighted by molar-refractivity contribution is -0.126. The number of hydrogen-bond donors (Lipinski definition) is 1. The largest absolute Gasteiger partial charge is 0.386 e. The molecule has 0 unspecified atom stereocenters. The van der Waals surface area contributed by atoms with Gasteiger partial charge in [0.15, 0.2) is 6.61 Å². The number of nitrogens with one attached hydrogen (secondary N) is 1. The summed E-state index contributed by atoms with van der Waals surface area (Å²) in [4.78, 5) is 16.8. The molecule has 4 nitrogen and oxygen atoms in total. The molecule has 1 aromatic carbocycles. The maximum Gasteiger partial charge on any atom is 0.261 e. The van der Waals surface area contributed by atoms with E-state index in [1.165, 1.54) is 19.3 Å². The van der Waals surface area contributed by atoms with Crippen LogP contribution in [0.3, 0.4) is 0 Å². The lowest BCUT2D eigenvalue weighted by Crippen LogP contribution is -2.42.